The predicted molar refractivity (Wildman–Crippen MR) is 84.0 cm³/mol. The Balaban J connectivity index is 1.72. The van der Waals surface area contributed by atoms with E-state index in [1.165, 1.54) is 0 Å². The lowest BCUT2D eigenvalue weighted by atomic mass is 9.93. The molecule has 0 radical (unpaired) electrons. The van der Waals surface area contributed by atoms with Gasteiger partial charge < -0.3 is 14.7 Å². The maximum absolute atomic E-state index is 12.5. The lowest BCUT2D eigenvalue weighted by Crippen LogP contribution is -2.39. The van der Waals surface area contributed by atoms with Crippen molar-refractivity contribution in [3.63, 3.8) is 0 Å². The maximum Gasteiger partial charge on any atom is 0.255 e. The highest BCUT2D eigenvalue weighted by Crippen LogP contribution is 2.27. The molecule has 1 unspecified atom stereocenters. The van der Waals surface area contributed by atoms with Crippen LogP contribution in [-0.4, -0.2) is 21.9 Å². The van der Waals surface area contributed by atoms with Crippen LogP contribution in [0.5, 0.6) is 0 Å². The molecule has 2 heterocycles. The Morgan fingerprint density at radius 1 is 1.45 bits per heavy atom. The first-order chi connectivity index (χ1) is 10.3. The number of carbonyl (C=O) groups is 1. The van der Waals surface area contributed by atoms with Gasteiger partial charge in [0.15, 0.2) is 0 Å². The molecular weight excluding hydrogens is 278 g/mol. The summed E-state index contributed by atoms with van der Waals surface area (Å²) in [4.78, 5) is 20.0. The molecule has 2 N–H and O–H groups in total. The van der Waals surface area contributed by atoms with Gasteiger partial charge in [-0.3, -0.25) is 4.79 Å². The Labute approximate surface area is 130 Å². The van der Waals surface area contributed by atoms with Crippen molar-refractivity contribution in [1.82, 2.24) is 15.3 Å². The number of hydrogen-bond acceptors (Lipinski definition) is 3. The molecule has 1 aliphatic rings. The highest BCUT2D eigenvalue weighted by Gasteiger charge is 2.26. The first kappa shape index (κ1) is 14.9. The molecule has 1 aliphatic carbocycles. The van der Waals surface area contributed by atoms with Gasteiger partial charge in [-0.15, -0.1) is 0 Å². The minimum atomic E-state index is -0.0983. The normalized spacial score (nSPS) is 18.1. The van der Waals surface area contributed by atoms with Gasteiger partial charge in [0.2, 0.25) is 0 Å². The molecule has 22 heavy (non-hydrogen) atoms. The number of nitrogens with zero attached hydrogens (tertiary/aromatic N) is 1. The lowest BCUT2D eigenvalue weighted by molar-refractivity contribution is 0.0932. The summed E-state index contributed by atoms with van der Waals surface area (Å²) in [6.45, 7) is 8.08. The molecule has 1 atom stereocenters. The Hall–Kier alpha value is -2.04. The molecule has 2 aromatic heterocycles. The fourth-order valence-electron chi connectivity index (χ4n) is 2.86. The van der Waals surface area contributed by atoms with Crippen molar-refractivity contribution < 1.29 is 9.21 Å². The molecule has 2 aromatic rings. The zero-order valence-electron chi connectivity index (χ0n) is 13.6. The van der Waals surface area contributed by atoms with Gasteiger partial charge in [-0.2, -0.15) is 0 Å². The van der Waals surface area contributed by atoms with Crippen LogP contribution in [-0.2, 0) is 18.3 Å². The molecule has 118 valence electrons. The lowest BCUT2D eigenvalue weighted by Gasteiger charge is -2.22. The summed E-state index contributed by atoms with van der Waals surface area (Å²) < 4.78 is 5.76. The van der Waals surface area contributed by atoms with Gasteiger partial charge in [0.1, 0.15) is 11.5 Å². The van der Waals surface area contributed by atoms with Crippen molar-refractivity contribution in [2.45, 2.75) is 58.4 Å². The van der Waals surface area contributed by atoms with Crippen LogP contribution in [0.15, 0.2) is 16.8 Å². The van der Waals surface area contributed by atoms with E-state index in [1.807, 2.05) is 13.0 Å². The summed E-state index contributed by atoms with van der Waals surface area (Å²) in [6.07, 6.45) is 4.36. The summed E-state index contributed by atoms with van der Waals surface area (Å²) in [6, 6.07) is 2.02. The van der Waals surface area contributed by atoms with Crippen molar-refractivity contribution in [1.29, 1.82) is 0 Å². The standard InChI is InChI=1S/C17H23N3O2/c1-10-12(8-15(22-10)17(2,3)4)16(21)20-11-5-6-13-14(7-11)19-9-18-13/h8-9,11H,5-7H2,1-4H3,(H,18,19)(H,20,21). The average Bonchev–Trinajstić information content (AvgIpc) is 3.03. The van der Waals surface area contributed by atoms with Gasteiger partial charge in [-0.05, 0) is 25.8 Å². The molecule has 5 heteroatoms. The number of rotatable bonds is 2. The highest BCUT2D eigenvalue weighted by atomic mass is 16.3. The van der Waals surface area contributed by atoms with Crippen LogP contribution in [0.25, 0.3) is 0 Å². The van der Waals surface area contributed by atoms with E-state index in [9.17, 15) is 4.79 Å². The third-order valence-electron chi connectivity index (χ3n) is 4.22. The average molecular weight is 301 g/mol. The van der Waals surface area contributed by atoms with E-state index in [1.54, 1.807) is 6.33 Å². The largest absolute Gasteiger partial charge is 0.465 e. The number of imidazole rings is 1. The minimum absolute atomic E-state index is 0.0512. The molecular formula is C17H23N3O2. The number of H-pyrrole nitrogens is 1. The van der Waals surface area contributed by atoms with Crippen LogP contribution in [0, 0.1) is 6.92 Å². The van der Waals surface area contributed by atoms with Crippen LogP contribution in [0.1, 0.15) is 60.5 Å². The highest BCUT2D eigenvalue weighted by molar-refractivity contribution is 5.95. The number of furan rings is 1. The predicted octanol–water partition coefficient (Wildman–Crippen LogP) is 2.90. The Bertz CT molecular complexity index is 691. The van der Waals surface area contributed by atoms with E-state index in [4.69, 9.17) is 4.42 Å². The summed E-state index contributed by atoms with van der Waals surface area (Å²) in [5, 5.41) is 3.12. The molecule has 3 rings (SSSR count). The van der Waals surface area contributed by atoms with E-state index >= 15 is 0 Å². The summed E-state index contributed by atoms with van der Waals surface area (Å²) >= 11 is 0. The zero-order valence-corrected chi connectivity index (χ0v) is 13.6. The molecule has 1 amide bonds. The Morgan fingerprint density at radius 2 is 2.23 bits per heavy atom. The molecule has 0 spiro atoms. The number of carbonyl (C=O) groups excluding carboxylic acids is 1. The van der Waals surface area contributed by atoms with E-state index in [0.717, 1.165) is 36.4 Å². The molecule has 0 fully saturated rings. The van der Waals surface area contributed by atoms with E-state index in [2.05, 4.69) is 36.1 Å². The van der Waals surface area contributed by atoms with Crippen molar-refractivity contribution >= 4 is 5.91 Å². The second kappa shape index (κ2) is 5.30. The van der Waals surface area contributed by atoms with Crippen molar-refractivity contribution in [3.05, 3.63) is 40.9 Å². The first-order valence-corrected chi connectivity index (χ1v) is 7.77. The molecule has 0 aliphatic heterocycles. The number of aryl methyl sites for hydroxylation is 2. The summed E-state index contributed by atoms with van der Waals surface area (Å²) in [5.74, 6) is 1.47. The van der Waals surface area contributed by atoms with Crippen LogP contribution in [0.3, 0.4) is 0 Å². The van der Waals surface area contributed by atoms with Crippen LogP contribution >= 0.6 is 0 Å². The monoisotopic (exact) mass is 301 g/mol. The smallest absolute Gasteiger partial charge is 0.255 e. The van der Waals surface area contributed by atoms with Gasteiger partial charge in [0.25, 0.3) is 5.91 Å². The first-order valence-electron chi connectivity index (χ1n) is 7.77. The number of nitrogens with one attached hydrogen (secondary N) is 2. The summed E-state index contributed by atoms with van der Waals surface area (Å²) in [5.41, 5.74) is 2.80. The van der Waals surface area contributed by atoms with Gasteiger partial charge >= 0.3 is 0 Å². The molecule has 0 saturated carbocycles. The van der Waals surface area contributed by atoms with Crippen LogP contribution in [0.2, 0.25) is 0 Å². The van der Waals surface area contributed by atoms with Gasteiger partial charge in [0.05, 0.1) is 17.6 Å². The van der Waals surface area contributed by atoms with Crippen molar-refractivity contribution in [2.24, 2.45) is 0 Å². The second-order valence-electron chi connectivity index (χ2n) is 7.07. The van der Waals surface area contributed by atoms with E-state index in [0.29, 0.717) is 11.3 Å². The number of aromatic nitrogens is 2. The molecule has 0 saturated heterocycles. The number of aromatic amines is 1. The number of hydrogen-bond donors (Lipinski definition) is 2. The molecule has 0 bridgehead atoms. The van der Waals surface area contributed by atoms with E-state index < -0.39 is 0 Å². The molecule has 5 nitrogen and oxygen atoms in total. The minimum Gasteiger partial charge on any atom is -0.465 e. The second-order valence-corrected chi connectivity index (χ2v) is 7.07. The van der Waals surface area contributed by atoms with E-state index in [-0.39, 0.29) is 17.4 Å². The fourth-order valence-corrected chi connectivity index (χ4v) is 2.86. The van der Waals surface area contributed by atoms with Crippen LogP contribution < -0.4 is 5.32 Å². The quantitative estimate of drug-likeness (QED) is 0.896. The van der Waals surface area contributed by atoms with Crippen LogP contribution in [0.4, 0.5) is 0 Å². The third kappa shape index (κ3) is 2.80. The molecule has 0 aromatic carbocycles. The third-order valence-corrected chi connectivity index (χ3v) is 4.22. The topological polar surface area (TPSA) is 70.9 Å². The summed E-state index contributed by atoms with van der Waals surface area (Å²) in [7, 11) is 0. The van der Waals surface area contributed by atoms with Crippen molar-refractivity contribution in [2.75, 3.05) is 0 Å². The maximum atomic E-state index is 12.5. The SMILES string of the molecule is Cc1oc(C(C)(C)C)cc1C(=O)NC1CCc2nc[nH]c2C1. The Morgan fingerprint density at radius 3 is 2.91 bits per heavy atom. The Kier molecular flexibility index (Phi) is 3.59. The zero-order chi connectivity index (χ0) is 15.9. The number of fused-ring (bicyclic) bond motifs is 1. The number of amides is 1. The van der Waals surface area contributed by atoms with Gasteiger partial charge in [0, 0.05) is 23.6 Å². The van der Waals surface area contributed by atoms with Gasteiger partial charge in [-0.1, -0.05) is 20.8 Å². The fraction of sp³-hybridized carbons (Fsp3) is 0.529. The van der Waals surface area contributed by atoms with Gasteiger partial charge in [-0.25, -0.2) is 4.98 Å². The van der Waals surface area contributed by atoms with Crippen molar-refractivity contribution in [3.8, 4) is 0 Å².